The highest BCUT2D eigenvalue weighted by Crippen LogP contribution is 2.07. The molecule has 0 fully saturated rings. The van der Waals surface area contributed by atoms with Gasteiger partial charge in [-0.2, -0.15) is 0 Å². The number of halogens is 1. The van der Waals surface area contributed by atoms with E-state index in [4.69, 9.17) is 0 Å². The average Bonchev–Trinajstić information content (AvgIpc) is 2.15. The predicted molar refractivity (Wildman–Crippen MR) is 49.6 cm³/mol. The number of nitrogens with zero attached hydrogens (tertiary/aromatic N) is 1. The van der Waals surface area contributed by atoms with Crippen LogP contribution in [-0.2, 0) is 10.0 Å². The number of rotatable bonds is 4. The molecule has 0 radical (unpaired) electrons. The van der Waals surface area contributed by atoms with Crippen molar-refractivity contribution in [2.24, 2.45) is 0 Å². The van der Waals surface area contributed by atoms with Gasteiger partial charge in [-0.15, -0.1) is 6.58 Å². The molecule has 0 spiro atoms. The minimum absolute atomic E-state index is 0.0961. The molecule has 1 aromatic rings. The number of sulfonamides is 1. The molecule has 0 atom stereocenters. The Morgan fingerprint density at radius 3 is 2.86 bits per heavy atom. The minimum atomic E-state index is -3.67. The van der Waals surface area contributed by atoms with Crippen molar-refractivity contribution in [3.8, 4) is 0 Å². The van der Waals surface area contributed by atoms with Gasteiger partial charge >= 0.3 is 0 Å². The fourth-order valence-corrected chi connectivity index (χ4v) is 1.76. The first-order chi connectivity index (χ1) is 6.56. The van der Waals surface area contributed by atoms with Crippen LogP contribution in [0.5, 0.6) is 0 Å². The minimum Gasteiger partial charge on any atom is -0.260 e. The molecular formula is C8H9FN2O2S. The van der Waals surface area contributed by atoms with Crippen LogP contribution in [0.1, 0.15) is 0 Å². The van der Waals surface area contributed by atoms with Crippen LogP contribution in [-0.4, -0.2) is 19.9 Å². The lowest BCUT2D eigenvalue weighted by Gasteiger charge is -2.03. The maximum atomic E-state index is 12.6. The Morgan fingerprint density at radius 2 is 2.29 bits per heavy atom. The zero-order valence-electron chi connectivity index (χ0n) is 7.27. The smallest absolute Gasteiger partial charge is 0.242 e. The summed E-state index contributed by atoms with van der Waals surface area (Å²) in [6, 6.07) is 0.901. The molecule has 76 valence electrons. The monoisotopic (exact) mass is 216 g/mol. The van der Waals surface area contributed by atoms with Gasteiger partial charge in [-0.25, -0.2) is 17.5 Å². The van der Waals surface area contributed by atoms with E-state index in [2.05, 4.69) is 16.3 Å². The Balaban J connectivity index is 2.98. The molecule has 1 N–H and O–H groups in total. The van der Waals surface area contributed by atoms with E-state index in [-0.39, 0.29) is 11.4 Å². The summed E-state index contributed by atoms with van der Waals surface area (Å²) in [5, 5.41) is 0. The van der Waals surface area contributed by atoms with Crippen molar-refractivity contribution in [3.63, 3.8) is 0 Å². The van der Waals surface area contributed by atoms with Crippen LogP contribution in [0.2, 0.25) is 0 Å². The van der Waals surface area contributed by atoms with E-state index < -0.39 is 15.8 Å². The van der Waals surface area contributed by atoms with Crippen LogP contribution >= 0.6 is 0 Å². The van der Waals surface area contributed by atoms with Crippen molar-refractivity contribution in [3.05, 3.63) is 36.9 Å². The number of nitrogens with one attached hydrogen (secondary N) is 1. The Bertz CT molecular complexity index is 431. The number of hydrogen-bond acceptors (Lipinski definition) is 3. The maximum Gasteiger partial charge on any atom is 0.242 e. The fourth-order valence-electron chi connectivity index (χ4n) is 0.791. The van der Waals surface area contributed by atoms with E-state index in [0.717, 1.165) is 18.5 Å². The number of hydrogen-bond donors (Lipinski definition) is 1. The lowest BCUT2D eigenvalue weighted by molar-refractivity contribution is 0.579. The van der Waals surface area contributed by atoms with Gasteiger partial charge in [0.25, 0.3) is 0 Å². The van der Waals surface area contributed by atoms with Crippen molar-refractivity contribution in [1.82, 2.24) is 9.71 Å². The van der Waals surface area contributed by atoms with E-state index in [9.17, 15) is 12.8 Å². The molecule has 0 saturated heterocycles. The molecule has 0 aliphatic rings. The molecule has 0 aliphatic carbocycles. The van der Waals surface area contributed by atoms with Crippen LogP contribution in [0, 0.1) is 5.82 Å². The van der Waals surface area contributed by atoms with Crippen molar-refractivity contribution >= 4 is 10.0 Å². The first kappa shape index (κ1) is 10.8. The van der Waals surface area contributed by atoms with Crippen LogP contribution in [0.25, 0.3) is 0 Å². The molecule has 0 saturated carbocycles. The zero-order chi connectivity index (χ0) is 10.6. The van der Waals surface area contributed by atoms with Crippen LogP contribution < -0.4 is 4.72 Å². The summed E-state index contributed by atoms with van der Waals surface area (Å²) in [6.07, 6.45) is 3.41. The summed E-state index contributed by atoms with van der Waals surface area (Å²) in [4.78, 5) is 3.24. The highest BCUT2D eigenvalue weighted by atomic mass is 32.2. The van der Waals surface area contributed by atoms with Crippen molar-refractivity contribution in [1.29, 1.82) is 0 Å². The van der Waals surface area contributed by atoms with E-state index >= 15 is 0 Å². The summed E-state index contributed by atoms with van der Waals surface area (Å²) in [5.74, 6) is -0.688. The highest BCUT2D eigenvalue weighted by Gasteiger charge is 2.13. The normalized spacial score (nSPS) is 11.2. The molecule has 4 nitrogen and oxygen atoms in total. The SMILES string of the molecule is C=CCNS(=O)(=O)c1cncc(F)c1. The standard InChI is InChI=1S/C8H9FN2O2S/c1-2-3-11-14(12,13)8-4-7(9)5-10-6-8/h2,4-6,11H,1,3H2. The Morgan fingerprint density at radius 1 is 1.57 bits per heavy atom. The number of pyridine rings is 1. The second-order valence-electron chi connectivity index (χ2n) is 2.48. The third kappa shape index (κ3) is 2.61. The van der Waals surface area contributed by atoms with Crippen molar-refractivity contribution < 1.29 is 12.8 Å². The average molecular weight is 216 g/mol. The molecule has 1 rings (SSSR count). The topological polar surface area (TPSA) is 59.1 Å². The van der Waals surface area contributed by atoms with E-state index in [1.54, 1.807) is 0 Å². The summed E-state index contributed by atoms with van der Waals surface area (Å²) < 4.78 is 37.6. The summed E-state index contributed by atoms with van der Waals surface area (Å²) in [5.41, 5.74) is 0. The van der Waals surface area contributed by atoms with E-state index in [1.165, 1.54) is 6.08 Å². The second-order valence-corrected chi connectivity index (χ2v) is 4.25. The summed E-state index contributed by atoms with van der Waals surface area (Å²) in [7, 11) is -3.67. The van der Waals surface area contributed by atoms with Crippen LogP contribution in [0.3, 0.4) is 0 Å². The molecule has 14 heavy (non-hydrogen) atoms. The van der Waals surface area contributed by atoms with Gasteiger partial charge in [0.1, 0.15) is 10.7 Å². The van der Waals surface area contributed by atoms with Gasteiger partial charge in [-0.1, -0.05) is 6.08 Å². The first-order valence-electron chi connectivity index (χ1n) is 3.77. The van der Waals surface area contributed by atoms with Crippen molar-refractivity contribution in [2.75, 3.05) is 6.54 Å². The van der Waals surface area contributed by atoms with Gasteiger partial charge in [0.15, 0.2) is 0 Å². The highest BCUT2D eigenvalue weighted by molar-refractivity contribution is 7.89. The van der Waals surface area contributed by atoms with Gasteiger partial charge < -0.3 is 0 Å². The molecular weight excluding hydrogens is 207 g/mol. The molecule has 1 aromatic heterocycles. The van der Waals surface area contributed by atoms with Gasteiger partial charge in [-0.3, -0.25) is 4.98 Å². The fraction of sp³-hybridized carbons (Fsp3) is 0.125. The third-order valence-corrected chi connectivity index (χ3v) is 2.80. The molecule has 0 aromatic carbocycles. The van der Waals surface area contributed by atoms with Gasteiger partial charge in [-0.05, 0) is 6.07 Å². The van der Waals surface area contributed by atoms with E-state index in [0.29, 0.717) is 0 Å². The Kier molecular flexibility index (Phi) is 3.32. The Labute approximate surface area is 81.5 Å². The molecule has 0 aliphatic heterocycles. The second kappa shape index (κ2) is 4.30. The van der Waals surface area contributed by atoms with E-state index in [1.807, 2.05) is 0 Å². The van der Waals surface area contributed by atoms with Crippen LogP contribution in [0.4, 0.5) is 4.39 Å². The Hall–Kier alpha value is -1.27. The molecule has 6 heteroatoms. The lowest BCUT2D eigenvalue weighted by Crippen LogP contribution is -2.23. The van der Waals surface area contributed by atoms with Gasteiger partial charge in [0.2, 0.25) is 10.0 Å². The third-order valence-electron chi connectivity index (χ3n) is 1.41. The maximum absolute atomic E-state index is 12.6. The summed E-state index contributed by atoms with van der Waals surface area (Å²) in [6.45, 7) is 3.45. The van der Waals surface area contributed by atoms with Gasteiger partial charge in [0, 0.05) is 12.7 Å². The van der Waals surface area contributed by atoms with Crippen molar-refractivity contribution in [2.45, 2.75) is 4.90 Å². The molecule has 1 heterocycles. The zero-order valence-corrected chi connectivity index (χ0v) is 8.09. The molecule has 0 bridgehead atoms. The quantitative estimate of drug-likeness (QED) is 0.753. The largest absolute Gasteiger partial charge is 0.260 e. The molecule has 0 amide bonds. The number of aromatic nitrogens is 1. The molecule has 0 unspecified atom stereocenters. The van der Waals surface area contributed by atoms with Crippen LogP contribution in [0.15, 0.2) is 36.0 Å². The first-order valence-corrected chi connectivity index (χ1v) is 5.25. The predicted octanol–water partition coefficient (Wildman–Crippen LogP) is 0.685. The van der Waals surface area contributed by atoms with Gasteiger partial charge in [0.05, 0.1) is 6.20 Å². The summed E-state index contributed by atoms with van der Waals surface area (Å²) >= 11 is 0. The lowest BCUT2D eigenvalue weighted by atomic mass is 10.5.